The largest absolute Gasteiger partial charge is 0.0844 e. The summed E-state index contributed by atoms with van der Waals surface area (Å²) in [6.45, 7) is 7.64. The molecule has 102 valence electrons. The molecule has 1 aliphatic carbocycles. The predicted molar refractivity (Wildman–Crippen MR) is 85.3 cm³/mol. The van der Waals surface area contributed by atoms with Crippen LogP contribution < -0.4 is 5.19 Å². The van der Waals surface area contributed by atoms with Gasteiger partial charge in [-0.05, 0) is 66.7 Å². The second-order valence-electron chi connectivity index (χ2n) is 7.91. The van der Waals surface area contributed by atoms with E-state index in [1.807, 2.05) is 10.8 Å². The summed E-state index contributed by atoms with van der Waals surface area (Å²) in [6, 6.07) is 5.70. The molecule has 1 aromatic carbocycles. The van der Waals surface area contributed by atoms with Gasteiger partial charge in [0, 0.05) is 0 Å². The lowest BCUT2D eigenvalue weighted by molar-refractivity contribution is 0.375. The summed E-state index contributed by atoms with van der Waals surface area (Å²) in [6.07, 6.45) is 8.53. The highest BCUT2D eigenvalue weighted by Gasteiger charge is 2.48. The number of benzene rings is 1. The summed E-state index contributed by atoms with van der Waals surface area (Å²) < 4.78 is 0. The molecule has 0 amide bonds. The maximum atomic E-state index is 2.69. The molecule has 19 heavy (non-hydrogen) atoms. The third kappa shape index (κ3) is 1.51. The third-order valence-electron chi connectivity index (χ3n) is 6.51. The molecule has 0 fully saturated rings. The topological polar surface area (TPSA) is 0 Å². The predicted octanol–water partition coefficient (Wildman–Crippen LogP) is 4.22. The van der Waals surface area contributed by atoms with Gasteiger partial charge in [0.15, 0.2) is 0 Å². The highest BCUT2D eigenvalue weighted by atomic mass is 28.3. The van der Waals surface area contributed by atoms with Crippen molar-refractivity contribution in [1.82, 2.24) is 0 Å². The Bertz CT molecular complexity index is 559. The van der Waals surface area contributed by atoms with Crippen molar-refractivity contribution in [2.24, 2.45) is 0 Å². The highest BCUT2D eigenvalue weighted by Crippen LogP contribution is 2.48. The Hall–Kier alpha value is -0.563. The average Bonchev–Trinajstić information content (AvgIpc) is 2.37. The van der Waals surface area contributed by atoms with Crippen molar-refractivity contribution in [2.45, 2.75) is 76.4 Å². The molecule has 0 aromatic heterocycles. The monoisotopic (exact) mass is 270 g/mol. The number of hydrogen-bond acceptors (Lipinski definition) is 0. The van der Waals surface area contributed by atoms with E-state index < -0.39 is 8.07 Å². The Kier molecular flexibility index (Phi) is 2.41. The summed E-state index contributed by atoms with van der Waals surface area (Å²) in [5, 5.41) is 1.95. The Morgan fingerprint density at radius 2 is 1.95 bits per heavy atom. The first-order valence-corrected chi connectivity index (χ1v) is 11.1. The summed E-state index contributed by atoms with van der Waals surface area (Å²) in [5.41, 5.74) is 7.57. The molecule has 0 nitrogen and oxygen atoms in total. The van der Waals surface area contributed by atoms with Gasteiger partial charge in [-0.3, -0.25) is 0 Å². The zero-order chi connectivity index (χ0) is 13.3. The number of rotatable bonds is 0. The maximum absolute atomic E-state index is 2.69. The van der Waals surface area contributed by atoms with Crippen LogP contribution >= 0.6 is 0 Å². The van der Waals surface area contributed by atoms with Crippen LogP contribution in [0.4, 0.5) is 0 Å². The van der Waals surface area contributed by atoms with Gasteiger partial charge in [0.1, 0.15) is 0 Å². The fourth-order valence-electron chi connectivity index (χ4n) is 5.43. The molecule has 0 bridgehead atoms. The smallest absolute Gasteiger partial charge is 0.0652 e. The molecule has 3 aliphatic rings. The molecule has 0 saturated heterocycles. The summed E-state index contributed by atoms with van der Waals surface area (Å²) in [7, 11) is -1.11. The van der Waals surface area contributed by atoms with E-state index in [2.05, 4.69) is 26.5 Å². The van der Waals surface area contributed by atoms with Crippen molar-refractivity contribution >= 4 is 13.3 Å². The highest BCUT2D eigenvalue weighted by molar-refractivity contribution is 6.92. The van der Waals surface area contributed by atoms with E-state index in [4.69, 9.17) is 0 Å². The van der Waals surface area contributed by atoms with Gasteiger partial charge in [-0.15, -0.1) is 0 Å². The van der Waals surface area contributed by atoms with E-state index in [0.29, 0.717) is 5.41 Å². The maximum Gasteiger partial charge on any atom is 0.0844 e. The fraction of sp³-hybridized carbons (Fsp3) is 0.667. The summed E-state index contributed by atoms with van der Waals surface area (Å²) in [5.74, 6) is 0. The molecule has 4 rings (SSSR count). The lowest BCUT2D eigenvalue weighted by Gasteiger charge is -2.50. The van der Waals surface area contributed by atoms with Crippen LogP contribution in [0.2, 0.25) is 18.6 Å². The first-order valence-electron chi connectivity index (χ1n) is 8.20. The van der Waals surface area contributed by atoms with Crippen molar-refractivity contribution in [3.8, 4) is 0 Å². The van der Waals surface area contributed by atoms with Gasteiger partial charge in [0.25, 0.3) is 0 Å². The third-order valence-corrected chi connectivity index (χ3v) is 11.1. The van der Waals surface area contributed by atoms with E-state index in [0.717, 1.165) is 0 Å². The van der Waals surface area contributed by atoms with Crippen LogP contribution in [0.15, 0.2) is 6.07 Å². The first-order chi connectivity index (χ1) is 9.04. The minimum Gasteiger partial charge on any atom is -0.0652 e. The van der Waals surface area contributed by atoms with E-state index in [1.54, 1.807) is 28.8 Å². The van der Waals surface area contributed by atoms with Crippen molar-refractivity contribution in [3.63, 3.8) is 0 Å². The molecule has 1 heteroatoms. The molecular formula is C18H26Si. The lowest BCUT2D eigenvalue weighted by atomic mass is 9.67. The Morgan fingerprint density at radius 3 is 2.79 bits per heavy atom. The summed E-state index contributed by atoms with van der Waals surface area (Å²) >= 11 is 0. The zero-order valence-electron chi connectivity index (χ0n) is 12.7. The van der Waals surface area contributed by atoms with Gasteiger partial charge in [0.2, 0.25) is 0 Å². The molecule has 2 heterocycles. The van der Waals surface area contributed by atoms with Gasteiger partial charge >= 0.3 is 0 Å². The molecule has 2 unspecified atom stereocenters. The van der Waals surface area contributed by atoms with Crippen LogP contribution in [0.5, 0.6) is 0 Å². The lowest BCUT2D eigenvalue weighted by Crippen LogP contribution is -2.58. The van der Waals surface area contributed by atoms with E-state index in [9.17, 15) is 0 Å². The molecular weight excluding hydrogens is 244 g/mol. The van der Waals surface area contributed by atoms with Crippen LogP contribution in [-0.2, 0) is 18.3 Å². The van der Waals surface area contributed by atoms with Gasteiger partial charge in [-0.1, -0.05) is 43.2 Å². The normalized spacial score (nSPS) is 35.9. The van der Waals surface area contributed by atoms with Crippen molar-refractivity contribution < 1.29 is 0 Å². The molecule has 1 aromatic rings. The quantitative estimate of drug-likeness (QED) is 0.619. The Balaban J connectivity index is 2.09. The SMILES string of the molecule is Cc1cc2c3c4c1CCCC4(C)CC[Si]3(C)CCC2. The van der Waals surface area contributed by atoms with Crippen molar-refractivity contribution in [1.29, 1.82) is 0 Å². The van der Waals surface area contributed by atoms with Crippen LogP contribution in [0.1, 0.15) is 54.9 Å². The molecule has 0 spiro atoms. The molecule has 2 aliphatic heterocycles. The van der Waals surface area contributed by atoms with E-state index in [1.165, 1.54) is 38.5 Å². The van der Waals surface area contributed by atoms with Gasteiger partial charge in [-0.25, -0.2) is 0 Å². The van der Waals surface area contributed by atoms with E-state index in [-0.39, 0.29) is 0 Å². The van der Waals surface area contributed by atoms with Gasteiger partial charge in [-0.2, -0.15) is 0 Å². The van der Waals surface area contributed by atoms with Crippen LogP contribution in [0.3, 0.4) is 0 Å². The fourth-order valence-corrected chi connectivity index (χ4v) is 10.3. The first kappa shape index (κ1) is 12.2. The van der Waals surface area contributed by atoms with E-state index >= 15 is 0 Å². The molecule has 0 radical (unpaired) electrons. The van der Waals surface area contributed by atoms with Crippen molar-refractivity contribution in [2.75, 3.05) is 0 Å². The second kappa shape index (κ2) is 3.75. The van der Waals surface area contributed by atoms with Gasteiger partial charge < -0.3 is 0 Å². The Morgan fingerprint density at radius 1 is 1.11 bits per heavy atom. The zero-order valence-corrected chi connectivity index (χ0v) is 13.7. The van der Waals surface area contributed by atoms with Gasteiger partial charge in [0.05, 0.1) is 8.07 Å². The standard InChI is InChI=1S/C18H26Si/c1-13-12-14-6-5-10-19(3)11-9-18(2)8-4-7-15(13)16(18)17(14)19/h12H,4-11H2,1-3H3. The van der Waals surface area contributed by atoms with Crippen LogP contribution in [-0.4, -0.2) is 8.07 Å². The molecule has 0 N–H and O–H groups in total. The van der Waals surface area contributed by atoms with Crippen LogP contribution in [0, 0.1) is 6.92 Å². The molecule has 2 atom stereocenters. The summed E-state index contributed by atoms with van der Waals surface area (Å²) in [4.78, 5) is 0. The average molecular weight is 270 g/mol. The van der Waals surface area contributed by atoms with Crippen LogP contribution in [0.25, 0.3) is 0 Å². The number of hydrogen-bond donors (Lipinski definition) is 0. The van der Waals surface area contributed by atoms with Crippen molar-refractivity contribution in [3.05, 3.63) is 28.3 Å². The minimum atomic E-state index is -1.11. The Labute approximate surface area is 118 Å². The second-order valence-corrected chi connectivity index (χ2v) is 12.5. The minimum absolute atomic E-state index is 0.535. The number of aryl methyl sites for hydroxylation is 2. The molecule has 0 saturated carbocycles.